The number of nitrogens with one attached hydrogen (secondary N) is 1. The molecular formula is C29H28N7+. The molecule has 0 fully saturated rings. The Balaban J connectivity index is 1.52. The summed E-state index contributed by atoms with van der Waals surface area (Å²) >= 11 is 0. The van der Waals surface area contributed by atoms with Gasteiger partial charge in [-0.1, -0.05) is 67.9 Å². The summed E-state index contributed by atoms with van der Waals surface area (Å²) in [5.41, 5.74) is 13.7. The lowest BCUT2D eigenvalue weighted by molar-refractivity contribution is -0.498. The summed E-state index contributed by atoms with van der Waals surface area (Å²) in [6.45, 7) is 3.67. The van der Waals surface area contributed by atoms with Crippen molar-refractivity contribution in [3.63, 3.8) is 0 Å². The van der Waals surface area contributed by atoms with Crippen LogP contribution >= 0.6 is 0 Å². The summed E-state index contributed by atoms with van der Waals surface area (Å²) in [5.74, 6) is 0.852. The van der Waals surface area contributed by atoms with E-state index in [9.17, 15) is 0 Å². The monoisotopic (exact) mass is 474 g/mol. The molecule has 0 saturated heterocycles. The molecule has 6 rings (SSSR count). The third kappa shape index (κ3) is 3.93. The molecule has 4 aromatic heterocycles. The number of fused-ring (bicyclic) bond motifs is 3. The van der Waals surface area contributed by atoms with Gasteiger partial charge in [0.15, 0.2) is 5.69 Å². The van der Waals surface area contributed by atoms with Crippen molar-refractivity contribution in [3.05, 3.63) is 91.0 Å². The first-order chi connectivity index (χ1) is 17.7. The topological polar surface area (TPSA) is 89.5 Å². The Morgan fingerprint density at radius 3 is 2.61 bits per heavy atom. The number of benzene rings is 2. The van der Waals surface area contributed by atoms with Gasteiger partial charge in [-0.2, -0.15) is 4.40 Å². The lowest BCUT2D eigenvalue weighted by Crippen LogP contribution is -2.22. The predicted molar refractivity (Wildman–Crippen MR) is 142 cm³/mol. The molecule has 0 atom stereocenters. The highest BCUT2D eigenvalue weighted by Gasteiger charge is 2.22. The van der Waals surface area contributed by atoms with E-state index in [1.54, 1.807) is 0 Å². The van der Waals surface area contributed by atoms with Crippen LogP contribution in [0.3, 0.4) is 0 Å². The van der Waals surface area contributed by atoms with E-state index in [1.165, 1.54) is 0 Å². The van der Waals surface area contributed by atoms with E-state index in [1.807, 2.05) is 24.7 Å². The number of aromatic amines is 1. The highest BCUT2D eigenvalue weighted by atomic mass is 15.3. The number of rotatable bonds is 7. The predicted octanol–water partition coefficient (Wildman–Crippen LogP) is 5.15. The quantitative estimate of drug-likeness (QED) is 0.313. The summed E-state index contributed by atoms with van der Waals surface area (Å²) in [6, 6.07) is 22.9. The van der Waals surface area contributed by atoms with Crippen LogP contribution in [0.25, 0.3) is 50.5 Å². The number of aryl methyl sites for hydroxylation is 1. The molecule has 178 valence electrons. The molecule has 3 N–H and O–H groups in total. The molecule has 36 heavy (non-hydrogen) atoms. The maximum atomic E-state index is 5.82. The number of nitrogens with zero attached hydrogens (tertiary/aromatic N) is 5. The molecule has 0 amide bonds. The van der Waals surface area contributed by atoms with E-state index in [-0.39, 0.29) is 0 Å². The van der Waals surface area contributed by atoms with Gasteiger partial charge in [0.1, 0.15) is 0 Å². The molecule has 0 aliphatic heterocycles. The van der Waals surface area contributed by atoms with Crippen LogP contribution in [-0.2, 0) is 13.1 Å². The van der Waals surface area contributed by atoms with Crippen molar-refractivity contribution in [1.29, 1.82) is 0 Å². The molecule has 0 radical (unpaired) electrons. The molecular weight excluding hydrogens is 446 g/mol. The second-order valence-corrected chi connectivity index (χ2v) is 9.02. The number of imidazole rings is 1. The number of pyridine rings is 2. The van der Waals surface area contributed by atoms with Gasteiger partial charge < -0.3 is 10.3 Å². The molecule has 0 saturated carbocycles. The molecule has 0 aliphatic carbocycles. The summed E-state index contributed by atoms with van der Waals surface area (Å²) in [5, 5.41) is 8.87. The van der Waals surface area contributed by atoms with E-state index in [4.69, 9.17) is 10.7 Å². The van der Waals surface area contributed by atoms with Crippen LogP contribution in [0.4, 0.5) is 0 Å². The Morgan fingerprint density at radius 1 is 1.00 bits per heavy atom. The minimum Gasteiger partial charge on any atom is -0.337 e. The summed E-state index contributed by atoms with van der Waals surface area (Å²) in [7, 11) is 0. The van der Waals surface area contributed by atoms with Crippen LogP contribution < -0.4 is 10.1 Å². The summed E-state index contributed by atoms with van der Waals surface area (Å²) in [4.78, 5) is 9.75. The molecule has 0 bridgehead atoms. The van der Waals surface area contributed by atoms with Gasteiger partial charge in [-0.05, 0) is 29.7 Å². The fraction of sp³-hybridized carbons (Fsp3) is 0.172. The average molecular weight is 475 g/mol. The van der Waals surface area contributed by atoms with Crippen molar-refractivity contribution < 1.29 is 4.40 Å². The molecule has 4 heterocycles. The Morgan fingerprint density at radius 2 is 1.83 bits per heavy atom. The molecule has 0 spiro atoms. The van der Waals surface area contributed by atoms with Crippen molar-refractivity contribution in [2.24, 2.45) is 5.73 Å². The van der Waals surface area contributed by atoms with E-state index in [0.29, 0.717) is 6.54 Å². The van der Waals surface area contributed by atoms with Crippen LogP contribution in [0.1, 0.15) is 25.3 Å². The number of hydrogen-bond acceptors (Lipinski definition) is 4. The summed E-state index contributed by atoms with van der Waals surface area (Å²) < 4.78 is 4.19. The SMILES string of the molecule is CCCCn1cnc(-c2[nH]nc3c4cc(-c5ccccc5)c(-c5ccc(CN)cc5)nc4cc[n+]23)c1. The zero-order chi connectivity index (χ0) is 24.5. The minimum absolute atomic E-state index is 0.518. The third-order valence-corrected chi connectivity index (χ3v) is 6.60. The highest BCUT2D eigenvalue weighted by molar-refractivity contribution is 5.97. The van der Waals surface area contributed by atoms with Crippen LogP contribution in [-0.4, -0.2) is 24.7 Å². The Bertz CT molecular complexity index is 1650. The lowest BCUT2D eigenvalue weighted by Gasteiger charge is -2.11. The number of unbranched alkanes of at least 4 members (excludes halogenated alkanes) is 1. The summed E-state index contributed by atoms with van der Waals surface area (Å²) in [6.07, 6.45) is 8.25. The maximum absolute atomic E-state index is 5.82. The van der Waals surface area contributed by atoms with Gasteiger partial charge in [-0.25, -0.2) is 9.97 Å². The maximum Gasteiger partial charge on any atom is 0.315 e. The normalized spacial score (nSPS) is 11.5. The Hall–Kier alpha value is -4.36. The van der Waals surface area contributed by atoms with Crippen molar-refractivity contribution >= 4 is 16.6 Å². The number of aromatic nitrogens is 6. The van der Waals surface area contributed by atoms with E-state index >= 15 is 0 Å². The van der Waals surface area contributed by atoms with Gasteiger partial charge in [0.05, 0.1) is 29.1 Å². The van der Waals surface area contributed by atoms with Gasteiger partial charge in [-0.15, -0.1) is 5.10 Å². The molecule has 0 unspecified atom stereocenters. The number of hydrogen-bond donors (Lipinski definition) is 2. The van der Waals surface area contributed by atoms with Crippen LogP contribution in [0.15, 0.2) is 85.5 Å². The van der Waals surface area contributed by atoms with Crippen LogP contribution in [0.5, 0.6) is 0 Å². The molecule has 2 aromatic carbocycles. The number of nitrogens with two attached hydrogens (primary N) is 1. The van der Waals surface area contributed by atoms with Crippen molar-refractivity contribution in [2.45, 2.75) is 32.9 Å². The van der Waals surface area contributed by atoms with Gasteiger partial charge in [-0.3, -0.25) is 0 Å². The fourth-order valence-electron chi connectivity index (χ4n) is 4.62. The third-order valence-electron chi connectivity index (χ3n) is 6.60. The van der Waals surface area contributed by atoms with Crippen LogP contribution in [0.2, 0.25) is 0 Å². The molecule has 7 nitrogen and oxygen atoms in total. The Labute approximate surface area is 209 Å². The first-order valence-corrected chi connectivity index (χ1v) is 12.4. The fourth-order valence-corrected chi connectivity index (χ4v) is 4.62. The van der Waals surface area contributed by atoms with Gasteiger partial charge in [0.25, 0.3) is 5.82 Å². The zero-order valence-electron chi connectivity index (χ0n) is 20.2. The number of H-pyrrole nitrogens is 1. The van der Waals surface area contributed by atoms with Gasteiger partial charge in [0.2, 0.25) is 0 Å². The smallest absolute Gasteiger partial charge is 0.315 e. The first-order valence-electron chi connectivity index (χ1n) is 12.4. The first kappa shape index (κ1) is 22.1. The Kier molecular flexibility index (Phi) is 5.75. The molecule has 7 heteroatoms. The second-order valence-electron chi connectivity index (χ2n) is 9.02. The van der Waals surface area contributed by atoms with Crippen molar-refractivity contribution in [2.75, 3.05) is 0 Å². The van der Waals surface area contributed by atoms with Crippen molar-refractivity contribution in [3.8, 4) is 33.9 Å². The van der Waals surface area contributed by atoms with E-state index in [2.05, 4.69) is 91.9 Å². The molecule has 0 aliphatic rings. The van der Waals surface area contributed by atoms with Crippen molar-refractivity contribution in [1.82, 2.24) is 24.7 Å². The van der Waals surface area contributed by atoms with E-state index < -0.39 is 0 Å². The second kappa shape index (κ2) is 9.36. The lowest BCUT2D eigenvalue weighted by atomic mass is 9.97. The average Bonchev–Trinajstić information content (AvgIpc) is 3.59. The minimum atomic E-state index is 0.518. The standard InChI is InChI=1S/C29H27N7/c1-2-3-14-35-18-26(31-19-35)29-34-33-28-24-16-23(21-7-5-4-6-8-21)27(32-25(24)13-15-36(28)29)22-11-9-20(17-30)10-12-22/h4-13,15-16,18-19H,2-3,14,17,30H2,1H3/p+1. The largest absolute Gasteiger partial charge is 0.337 e. The zero-order valence-corrected chi connectivity index (χ0v) is 20.2. The highest BCUT2D eigenvalue weighted by Crippen LogP contribution is 2.34. The van der Waals surface area contributed by atoms with Gasteiger partial charge in [0, 0.05) is 35.5 Å². The van der Waals surface area contributed by atoms with Crippen LogP contribution in [0, 0.1) is 0 Å². The van der Waals surface area contributed by atoms with E-state index in [0.717, 1.165) is 75.4 Å². The molecule has 6 aromatic rings. The van der Waals surface area contributed by atoms with Gasteiger partial charge >= 0.3 is 5.65 Å².